The summed E-state index contributed by atoms with van der Waals surface area (Å²) >= 11 is 0. The van der Waals surface area contributed by atoms with Crippen LogP contribution in [0.3, 0.4) is 0 Å². The van der Waals surface area contributed by atoms with Crippen LogP contribution in [0.2, 0.25) is 0 Å². The highest BCUT2D eigenvalue weighted by Gasteiger charge is 2.27. The van der Waals surface area contributed by atoms with Gasteiger partial charge >= 0.3 is 5.97 Å². The number of aromatic nitrogens is 1. The Morgan fingerprint density at radius 3 is 2.54 bits per heavy atom. The van der Waals surface area contributed by atoms with Crippen molar-refractivity contribution in [3.05, 3.63) is 96.4 Å². The number of carboxylic acid groups (broad SMARTS) is 1. The number of aliphatic carboxylic acids is 1. The van der Waals surface area contributed by atoms with E-state index < -0.39 is 5.97 Å². The lowest BCUT2D eigenvalue weighted by atomic mass is 9.99. The lowest BCUT2D eigenvalue weighted by Gasteiger charge is -2.34. The third-order valence-electron chi connectivity index (χ3n) is 6.36. The monoisotopic (exact) mass is 468 g/mol. The first kappa shape index (κ1) is 22.9. The molecule has 1 atom stereocenters. The van der Waals surface area contributed by atoms with Gasteiger partial charge in [-0.05, 0) is 60.3 Å². The van der Waals surface area contributed by atoms with Crippen LogP contribution in [-0.4, -0.2) is 34.1 Å². The van der Waals surface area contributed by atoms with Gasteiger partial charge < -0.3 is 14.3 Å². The predicted octanol–water partition coefficient (Wildman–Crippen LogP) is 6.20. The Labute approximate surface area is 204 Å². The molecule has 1 N–H and O–H groups in total. The van der Waals surface area contributed by atoms with E-state index in [0.717, 1.165) is 54.7 Å². The van der Waals surface area contributed by atoms with Gasteiger partial charge in [0, 0.05) is 12.1 Å². The number of rotatable bonds is 8. The Kier molecular flexibility index (Phi) is 6.91. The highest BCUT2D eigenvalue weighted by molar-refractivity contribution is 5.68. The largest absolute Gasteiger partial charge is 0.482 e. The lowest BCUT2D eigenvalue weighted by molar-refractivity contribution is -0.139. The molecule has 1 saturated heterocycles. The van der Waals surface area contributed by atoms with Crippen molar-refractivity contribution in [3.8, 4) is 28.3 Å². The van der Waals surface area contributed by atoms with Gasteiger partial charge in [-0.3, -0.25) is 4.90 Å². The van der Waals surface area contributed by atoms with Crippen LogP contribution in [-0.2, 0) is 11.3 Å². The van der Waals surface area contributed by atoms with Gasteiger partial charge in [0.1, 0.15) is 12.0 Å². The fourth-order valence-corrected chi connectivity index (χ4v) is 4.64. The van der Waals surface area contributed by atoms with E-state index in [0.29, 0.717) is 11.6 Å². The summed E-state index contributed by atoms with van der Waals surface area (Å²) in [7, 11) is 0. The summed E-state index contributed by atoms with van der Waals surface area (Å²) < 4.78 is 11.3. The second-order valence-electron chi connectivity index (χ2n) is 8.83. The van der Waals surface area contributed by atoms with Crippen molar-refractivity contribution in [2.75, 3.05) is 13.2 Å². The second-order valence-corrected chi connectivity index (χ2v) is 8.83. The van der Waals surface area contributed by atoms with Gasteiger partial charge in [-0.15, -0.1) is 0 Å². The first-order chi connectivity index (χ1) is 17.2. The molecular formula is C29H28N2O4. The molecule has 0 bridgehead atoms. The fourth-order valence-electron chi connectivity index (χ4n) is 4.64. The number of ether oxygens (including phenoxy) is 1. The molecule has 4 aromatic rings. The SMILES string of the molecule is O=C(O)COc1cccc(CN2CCCCC2c2coc(-c3ccc(-c4ccccc4)cc3)n2)c1. The molecule has 6 heteroatoms. The summed E-state index contributed by atoms with van der Waals surface area (Å²) in [6, 6.07) is 26.4. The van der Waals surface area contributed by atoms with Crippen LogP contribution >= 0.6 is 0 Å². The van der Waals surface area contributed by atoms with Crippen molar-refractivity contribution in [2.45, 2.75) is 31.8 Å². The van der Waals surface area contributed by atoms with Crippen LogP contribution in [0.1, 0.15) is 36.6 Å². The second kappa shape index (κ2) is 10.6. The van der Waals surface area contributed by atoms with E-state index in [4.69, 9.17) is 19.2 Å². The first-order valence-electron chi connectivity index (χ1n) is 11.9. The molecule has 1 aliphatic heterocycles. The van der Waals surface area contributed by atoms with Crippen molar-refractivity contribution < 1.29 is 19.1 Å². The minimum absolute atomic E-state index is 0.174. The van der Waals surface area contributed by atoms with E-state index in [1.165, 1.54) is 5.56 Å². The average molecular weight is 469 g/mol. The van der Waals surface area contributed by atoms with Crippen molar-refractivity contribution in [3.63, 3.8) is 0 Å². The van der Waals surface area contributed by atoms with Crippen LogP contribution < -0.4 is 4.74 Å². The van der Waals surface area contributed by atoms with Crippen LogP contribution in [0.15, 0.2) is 89.5 Å². The maximum atomic E-state index is 10.8. The van der Waals surface area contributed by atoms with Gasteiger partial charge in [-0.1, -0.05) is 61.0 Å². The molecule has 2 heterocycles. The highest BCUT2D eigenvalue weighted by Crippen LogP contribution is 2.34. The zero-order valence-electron chi connectivity index (χ0n) is 19.5. The number of nitrogens with zero attached hydrogens (tertiary/aromatic N) is 2. The highest BCUT2D eigenvalue weighted by atomic mass is 16.5. The Morgan fingerprint density at radius 1 is 0.971 bits per heavy atom. The normalized spacial score (nSPS) is 16.2. The molecule has 5 rings (SSSR count). The maximum absolute atomic E-state index is 10.8. The number of benzene rings is 3. The lowest BCUT2D eigenvalue weighted by Crippen LogP contribution is -2.33. The molecule has 1 fully saturated rings. The zero-order valence-corrected chi connectivity index (χ0v) is 19.5. The van der Waals surface area contributed by atoms with Crippen LogP contribution in [0.25, 0.3) is 22.6 Å². The number of likely N-dealkylation sites (tertiary alicyclic amines) is 1. The Balaban J connectivity index is 1.30. The predicted molar refractivity (Wildman–Crippen MR) is 134 cm³/mol. The van der Waals surface area contributed by atoms with Crippen LogP contribution in [0.4, 0.5) is 0 Å². The van der Waals surface area contributed by atoms with E-state index in [1.807, 2.05) is 36.4 Å². The Morgan fingerprint density at radius 2 is 1.74 bits per heavy atom. The van der Waals surface area contributed by atoms with Crippen LogP contribution in [0, 0.1) is 0 Å². The summed E-state index contributed by atoms with van der Waals surface area (Å²) in [6.45, 7) is 1.37. The maximum Gasteiger partial charge on any atom is 0.341 e. The number of hydrogen-bond acceptors (Lipinski definition) is 5. The fraction of sp³-hybridized carbons (Fsp3) is 0.241. The van der Waals surface area contributed by atoms with Gasteiger partial charge in [0.2, 0.25) is 5.89 Å². The average Bonchev–Trinajstić information content (AvgIpc) is 3.39. The smallest absolute Gasteiger partial charge is 0.341 e. The minimum atomic E-state index is -0.983. The van der Waals surface area contributed by atoms with Crippen molar-refractivity contribution >= 4 is 5.97 Å². The number of piperidine rings is 1. The van der Waals surface area contributed by atoms with E-state index >= 15 is 0 Å². The molecule has 0 aliphatic carbocycles. The summed E-state index contributed by atoms with van der Waals surface area (Å²) in [6.07, 6.45) is 5.10. The van der Waals surface area contributed by atoms with Crippen molar-refractivity contribution in [2.24, 2.45) is 0 Å². The molecule has 1 aromatic heterocycles. The van der Waals surface area contributed by atoms with Crippen molar-refractivity contribution in [1.29, 1.82) is 0 Å². The topological polar surface area (TPSA) is 75.8 Å². The van der Waals surface area contributed by atoms with E-state index in [-0.39, 0.29) is 12.6 Å². The molecule has 1 unspecified atom stereocenters. The number of oxazole rings is 1. The third kappa shape index (κ3) is 5.61. The van der Waals surface area contributed by atoms with E-state index in [9.17, 15) is 4.79 Å². The number of carboxylic acids is 1. The standard InChI is InChI=1S/C29H28N2O4/c32-28(33)20-34-25-10-6-7-21(17-25)18-31-16-5-4-11-27(31)26-19-35-29(30-26)24-14-12-23(13-15-24)22-8-2-1-3-9-22/h1-3,6-10,12-15,17,19,27H,4-5,11,16,18,20H2,(H,32,33). The number of hydrogen-bond donors (Lipinski definition) is 1. The van der Waals surface area contributed by atoms with E-state index in [2.05, 4.69) is 41.3 Å². The van der Waals surface area contributed by atoms with Gasteiger partial charge in [-0.2, -0.15) is 0 Å². The molecule has 35 heavy (non-hydrogen) atoms. The summed E-state index contributed by atoms with van der Waals surface area (Å²) in [5.41, 5.74) is 5.34. The summed E-state index contributed by atoms with van der Waals surface area (Å²) in [5, 5.41) is 8.87. The number of carbonyl (C=O) groups is 1. The summed E-state index contributed by atoms with van der Waals surface area (Å²) in [5.74, 6) is 0.221. The first-order valence-corrected chi connectivity index (χ1v) is 11.9. The van der Waals surface area contributed by atoms with Gasteiger partial charge in [0.25, 0.3) is 0 Å². The molecule has 0 amide bonds. The molecule has 178 valence electrons. The van der Waals surface area contributed by atoms with Gasteiger partial charge in [0.15, 0.2) is 6.61 Å². The van der Waals surface area contributed by atoms with Crippen LogP contribution in [0.5, 0.6) is 5.75 Å². The summed E-state index contributed by atoms with van der Waals surface area (Å²) in [4.78, 5) is 18.1. The Bertz CT molecular complexity index is 1270. The molecule has 6 nitrogen and oxygen atoms in total. The Hall–Kier alpha value is -3.90. The zero-order chi connectivity index (χ0) is 24.0. The molecule has 0 spiro atoms. The third-order valence-corrected chi connectivity index (χ3v) is 6.36. The molecule has 0 radical (unpaired) electrons. The molecule has 1 aliphatic rings. The molecule has 0 saturated carbocycles. The minimum Gasteiger partial charge on any atom is -0.482 e. The van der Waals surface area contributed by atoms with E-state index in [1.54, 1.807) is 12.3 Å². The quantitative estimate of drug-likeness (QED) is 0.332. The van der Waals surface area contributed by atoms with Crippen molar-refractivity contribution in [1.82, 2.24) is 9.88 Å². The molecule has 3 aromatic carbocycles. The molecular weight excluding hydrogens is 440 g/mol. The van der Waals surface area contributed by atoms with Gasteiger partial charge in [0.05, 0.1) is 11.7 Å². The van der Waals surface area contributed by atoms with Gasteiger partial charge in [-0.25, -0.2) is 9.78 Å².